The monoisotopic (exact) mass is 269 g/mol. The minimum Gasteiger partial charge on any atom is -0.477 e. The molecule has 1 amide bonds. The molecule has 0 aromatic heterocycles. The van der Waals surface area contributed by atoms with Gasteiger partial charge in [0.15, 0.2) is 0 Å². The van der Waals surface area contributed by atoms with Crippen LogP contribution in [0.2, 0.25) is 0 Å². The van der Waals surface area contributed by atoms with Gasteiger partial charge in [-0.1, -0.05) is 6.92 Å². The van der Waals surface area contributed by atoms with Gasteiger partial charge in [-0.2, -0.15) is 0 Å². The van der Waals surface area contributed by atoms with Crippen molar-refractivity contribution < 1.29 is 14.7 Å². The smallest absolute Gasteiger partial charge is 0.353 e. The van der Waals surface area contributed by atoms with Crippen LogP contribution in [0.4, 0.5) is 0 Å². The molecule has 7 heteroatoms. The first kappa shape index (κ1) is 12.9. The van der Waals surface area contributed by atoms with E-state index in [0.717, 1.165) is 4.91 Å². The van der Waals surface area contributed by atoms with Gasteiger partial charge in [-0.05, 0) is 0 Å². The van der Waals surface area contributed by atoms with E-state index in [-0.39, 0.29) is 23.6 Å². The Bertz CT molecular complexity index is 447. The first-order valence-electron chi connectivity index (χ1n) is 5.70. The van der Waals surface area contributed by atoms with E-state index in [2.05, 4.69) is 4.99 Å². The Morgan fingerprint density at radius 1 is 1.72 bits per heavy atom. The van der Waals surface area contributed by atoms with E-state index >= 15 is 0 Å². The van der Waals surface area contributed by atoms with Crippen LogP contribution in [0.25, 0.3) is 0 Å². The summed E-state index contributed by atoms with van der Waals surface area (Å²) in [7, 11) is 0. The Morgan fingerprint density at radius 2 is 2.44 bits per heavy atom. The number of carboxylic acids is 1. The van der Waals surface area contributed by atoms with Gasteiger partial charge in [0, 0.05) is 23.0 Å². The zero-order chi connectivity index (χ0) is 13.3. The fraction of sp³-hybridized carbons (Fsp3) is 0.545. The molecule has 3 N–H and O–H groups in total. The zero-order valence-electron chi connectivity index (χ0n) is 10.00. The number of thioether (sulfide) groups is 1. The topological polar surface area (TPSA) is 96.0 Å². The van der Waals surface area contributed by atoms with E-state index < -0.39 is 5.97 Å². The number of aliphatic carboxylic acids is 1. The van der Waals surface area contributed by atoms with Crippen LogP contribution in [0.15, 0.2) is 15.6 Å². The van der Waals surface area contributed by atoms with Crippen LogP contribution in [0.3, 0.4) is 0 Å². The number of hydrogen-bond acceptors (Lipinski definition) is 4. The summed E-state index contributed by atoms with van der Waals surface area (Å²) in [5.74, 6) is -0.360. The lowest BCUT2D eigenvalue weighted by Gasteiger charge is -2.37. The van der Waals surface area contributed by atoms with Gasteiger partial charge in [0.05, 0.1) is 18.9 Å². The van der Waals surface area contributed by atoms with Crippen molar-refractivity contribution in [3.63, 3.8) is 0 Å². The second-order valence-electron chi connectivity index (χ2n) is 4.25. The lowest BCUT2D eigenvalue weighted by atomic mass is 9.94. The van der Waals surface area contributed by atoms with Gasteiger partial charge >= 0.3 is 5.97 Å². The average molecular weight is 269 g/mol. The van der Waals surface area contributed by atoms with Crippen molar-refractivity contribution in [2.75, 3.05) is 12.3 Å². The van der Waals surface area contributed by atoms with E-state index in [1.54, 1.807) is 0 Å². The van der Waals surface area contributed by atoms with E-state index in [1.165, 1.54) is 23.0 Å². The van der Waals surface area contributed by atoms with E-state index in [4.69, 9.17) is 5.73 Å². The number of aliphatic imine (C=N–C) groups is 1. The molecule has 0 aliphatic carbocycles. The molecule has 1 saturated heterocycles. The van der Waals surface area contributed by atoms with Crippen LogP contribution in [-0.4, -0.2) is 46.6 Å². The number of nitrogens with two attached hydrogens (primary N) is 1. The molecule has 6 nitrogen and oxygen atoms in total. The summed E-state index contributed by atoms with van der Waals surface area (Å²) in [5.41, 5.74) is 5.30. The van der Waals surface area contributed by atoms with Crippen molar-refractivity contribution in [1.82, 2.24) is 4.90 Å². The highest BCUT2D eigenvalue weighted by molar-refractivity contribution is 8.03. The Labute approximate surface area is 109 Å². The minimum absolute atomic E-state index is 0.0316. The van der Waals surface area contributed by atoms with E-state index in [0.29, 0.717) is 18.7 Å². The maximum absolute atomic E-state index is 11.5. The second kappa shape index (κ2) is 5.01. The van der Waals surface area contributed by atoms with Gasteiger partial charge < -0.3 is 15.7 Å². The largest absolute Gasteiger partial charge is 0.477 e. The van der Waals surface area contributed by atoms with E-state index in [1.807, 2.05) is 6.92 Å². The molecule has 0 saturated carbocycles. The molecule has 2 aliphatic heterocycles. The van der Waals surface area contributed by atoms with Gasteiger partial charge in [0.1, 0.15) is 5.70 Å². The molecule has 0 bridgehead atoms. The maximum Gasteiger partial charge on any atom is 0.353 e. The Morgan fingerprint density at radius 3 is 3.00 bits per heavy atom. The lowest BCUT2D eigenvalue weighted by molar-refractivity contribution is -0.148. The number of carboxylic acid groups (broad SMARTS) is 1. The van der Waals surface area contributed by atoms with Crippen molar-refractivity contribution >= 4 is 30.0 Å². The highest BCUT2D eigenvalue weighted by Crippen LogP contribution is 2.46. The van der Waals surface area contributed by atoms with Crippen molar-refractivity contribution in [2.45, 2.75) is 19.4 Å². The van der Waals surface area contributed by atoms with Gasteiger partial charge in [-0.3, -0.25) is 9.79 Å². The van der Waals surface area contributed by atoms with Crippen LogP contribution in [0.1, 0.15) is 13.3 Å². The molecule has 98 valence electrons. The summed E-state index contributed by atoms with van der Waals surface area (Å²) in [4.78, 5) is 28.8. The normalized spacial score (nSPS) is 26.7. The second-order valence-corrected chi connectivity index (χ2v) is 5.38. The Hall–Kier alpha value is -1.50. The first-order chi connectivity index (χ1) is 8.57. The maximum atomic E-state index is 11.5. The molecule has 0 unspecified atom stereocenters. The van der Waals surface area contributed by atoms with Crippen molar-refractivity contribution in [2.24, 2.45) is 16.6 Å². The molecule has 0 radical (unpaired) electrons. The number of β-lactam (4-membered cyclic amide) rings is 1. The molecule has 0 spiro atoms. The molecule has 1 fully saturated rings. The Balaban J connectivity index is 2.14. The third-order valence-electron chi connectivity index (χ3n) is 3.24. The number of fused-ring (bicyclic) bond motifs is 1. The fourth-order valence-electron chi connectivity index (χ4n) is 2.33. The number of carbonyl (C=O) groups excluding carboxylic acids is 1. The van der Waals surface area contributed by atoms with Crippen molar-refractivity contribution in [3.05, 3.63) is 10.6 Å². The fourth-order valence-corrected chi connectivity index (χ4v) is 3.49. The van der Waals surface area contributed by atoms with Crippen LogP contribution in [0, 0.1) is 5.92 Å². The van der Waals surface area contributed by atoms with Gasteiger partial charge in [-0.15, -0.1) is 11.8 Å². The Kier molecular flexibility index (Phi) is 3.60. The number of hydrogen-bond donors (Lipinski definition) is 2. The van der Waals surface area contributed by atoms with Gasteiger partial charge in [0.2, 0.25) is 5.91 Å². The quantitative estimate of drug-likeness (QED) is 0.323. The number of rotatable bonds is 5. The molecular weight excluding hydrogens is 254 g/mol. The number of carbonyl (C=O) groups is 2. The average Bonchev–Trinajstić information content (AvgIpc) is 2.54. The summed E-state index contributed by atoms with van der Waals surface area (Å²) in [6.07, 6.45) is 1.69. The predicted molar refractivity (Wildman–Crippen MR) is 69.1 cm³/mol. The van der Waals surface area contributed by atoms with Crippen molar-refractivity contribution in [1.29, 1.82) is 0 Å². The molecule has 18 heavy (non-hydrogen) atoms. The predicted octanol–water partition coefficient (Wildman–Crippen LogP) is 0.253. The van der Waals surface area contributed by atoms with E-state index in [9.17, 15) is 14.7 Å². The summed E-state index contributed by atoms with van der Waals surface area (Å²) < 4.78 is 0. The van der Waals surface area contributed by atoms with Crippen LogP contribution in [-0.2, 0) is 9.59 Å². The molecule has 2 atom stereocenters. The summed E-state index contributed by atoms with van der Waals surface area (Å²) in [6, 6.07) is 0.0316. The van der Waals surface area contributed by atoms with Crippen LogP contribution >= 0.6 is 11.8 Å². The first-order valence-corrected chi connectivity index (χ1v) is 6.68. The van der Waals surface area contributed by atoms with Gasteiger partial charge in [0.25, 0.3) is 0 Å². The third-order valence-corrected chi connectivity index (χ3v) is 4.50. The SMILES string of the molecule is C[C@H]1C(SCCN=CN)=C(C(=O)O)N2C(=O)C[C@@H]12. The van der Waals surface area contributed by atoms with Gasteiger partial charge in [-0.25, -0.2) is 4.79 Å². The lowest BCUT2D eigenvalue weighted by Crippen LogP contribution is -2.51. The molecule has 0 aromatic rings. The molecule has 0 aromatic carbocycles. The number of nitrogens with zero attached hydrogens (tertiary/aromatic N) is 2. The zero-order valence-corrected chi connectivity index (χ0v) is 10.8. The highest BCUT2D eigenvalue weighted by Gasteiger charge is 2.51. The highest BCUT2D eigenvalue weighted by atomic mass is 32.2. The minimum atomic E-state index is -1.03. The van der Waals surface area contributed by atoms with Crippen LogP contribution in [0.5, 0.6) is 0 Å². The van der Waals surface area contributed by atoms with Crippen LogP contribution < -0.4 is 5.73 Å². The summed E-state index contributed by atoms with van der Waals surface area (Å²) >= 11 is 1.45. The summed E-state index contributed by atoms with van der Waals surface area (Å²) in [5, 5.41) is 9.23. The molecule has 2 rings (SSSR count). The molecule has 2 aliphatic rings. The summed E-state index contributed by atoms with van der Waals surface area (Å²) in [6.45, 7) is 2.51. The third kappa shape index (κ3) is 1.98. The standard InChI is InChI=1S/C11H15N3O3S/c1-6-7-4-8(15)14(7)9(11(16)17)10(6)18-3-2-13-5-12/h5-7H,2-4H2,1H3,(H2,12,13)(H,16,17)/t6-,7+/m1/s1. The van der Waals surface area contributed by atoms with Crippen molar-refractivity contribution in [3.8, 4) is 0 Å². The molecule has 2 heterocycles. The molecular formula is C11H15N3O3S. The number of amides is 1.